The van der Waals surface area contributed by atoms with Crippen molar-refractivity contribution in [2.45, 2.75) is 19.6 Å². The fourth-order valence-corrected chi connectivity index (χ4v) is 2.33. The molecule has 0 saturated carbocycles. The van der Waals surface area contributed by atoms with E-state index in [2.05, 4.69) is 15.9 Å². The predicted molar refractivity (Wildman–Crippen MR) is 80.5 cm³/mol. The van der Waals surface area contributed by atoms with E-state index >= 15 is 0 Å². The Hall–Kier alpha value is -1.10. The Balaban J connectivity index is 2.13. The van der Waals surface area contributed by atoms with Crippen LogP contribution in [0.25, 0.3) is 0 Å². The lowest BCUT2D eigenvalue weighted by Crippen LogP contribution is -1.99. The van der Waals surface area contributed by atoms with Gasteiger partial charge in [-0.15, -0.1) is 0 Å². The van der Waals surface area contributed by atoms with Crippen LogP contribution in [0.15, 0.2) is 40.9 Å². The quantitative estimate of drug-likeness (QED) is 0.843. The fourth-order valence-electron chi connectivity index (χ4n) is 1.71. The highest BCUT2D eigenvalue weighted by Gasteiger charge is 2.09. The maximum atomic E-state index is 13.4. The van der Waals surface area contributed by atoms with E-state index in [1.165, 1.54) is 6.07 Å². The summed E-state index contributed by atoms with van der Waals surface area (Å²) in [5.74, 6) is 0.161. The average molecular weight is 360 g/mol. The maximum Gasteiger partial charge on any atom is 0.138 e. The molecule has 2 aromatic carbocycles. The third-order valence-electron chi connectivity index (χ3n) is 2.85. The first-order chi connectivity index (χ1) is 9.49. The van der Waals surface area contributed by atoms with Gasteiger partial charge in [-0.05, 0) is 46.6 Å². The van der Waals surface area contributed by atoms with Gasteiger partial charge in [-0.25, -0.2) is 4.39 Å². The summed E-state index contributed by atoms with van der Waals surface area (Å²) in [5.41, 5.74) is 1.41. The van der Waals surface area contributed by atoms with Gasteiger partial charge in [-0.3, -0.25) is 0 Å². The van der Waals surface area contributed by atoms with Gasteiger partial charge in [0.05, 0.1) is 15.6 Å². The molecule has 0 spiro atoms. The van der Waals surface area contributed by atoms with Crippen LogP contribution in [0.4, 0.5) is 4.39 Å². The van der Waals surface area contributed by atoms with Crippen molar-refractivity contribution in [3.63, 3.8) is 0 Å². The van der Waals surface area contributed by atoms with Gasteiger partial charge in [0.15, 0.2) is 0 Å². The van der Waals surface area contributed by atoms with Crippen LogP contribution in [0.3, 0.4) is 0 Å². The number of ether oxygens (including phenoxy) is 1. The Morgan fingerprint density at radius 2 is 2.10 bits per heavy atom. The first kappa shape index (κ1) is 15.3. The zero-order chi connectivity index (χ0) is 14.7. The number of benzene rings is 2. The Kier molecular flexibility index (Phi) is 5.02. The Bertz CT molecular complexity index is 617. The number of hydrogen-bond acceptors (Lipinski definition) is 2. The highest BCUT2D eigenvalue weighted by molar-refractivity contribution is 9.10. The van der Waals surface area contributed by atoms with E-state index in [1.807, 2.05) is 0 Å². The van der Waals surface area contributed by atoms with Crippen LogP contribution in [-0.2, 0) is 6.61 Å². The van der Waals surface area contributed by atoms with Gasteiger partial charge in [0.25, 0.3) is 0 Å². The molecule has 2 rings (SSSR count). The van der Waals surface area contributed by atoms with Crippen molar-refractivity contribution in [2.24, 2.45) is 0 Å². The highest BCUT2D eigenvalue weighted by Crippen LogP contribution is 2.29. The van der Waals surface area contributed by atoms with Crippen LogP contribution in [-0.4, -0.2) is 5.11 Å². The number of hydrogen-bond donors (Lipinski definition) is 1. The molecule has 1 atom stereocenters. The van der Waals surface area contributed by atoms with E-state index in [-0.39, 0.29) is 12.4 Å². The number of halogens is 3. The molecule has 0 aliphatic heterocycles. The molecular weight excluding hydrogens is 347 g/mol. The molecule has 2 nitrogen and oxygen atoms in total. The van der Waals surface area contributed by atoms with Crippen LogP contribution in [0.5, 0.6) is 5.75 Å². The molecule has 20 heavy (non-hydrogen) atoms. The molecule has 0 bridgehead atoms. The summed E-state index contributed by atoms with van der Waals surface area (Å²) in [4.78, 5) is 0. The molecule has 106 valence electrons. The molecule has 2 aromatic rings. The lowest BCUT2D eigenvalue weighted by molar-refractivity contribution is 0.199. The second-order valence-electron chi connectivity index (χ2n) is 4.37. The standard InChI is InChI=1S/C15H13BrClFO2/c1-9(19)10-5-6-14(12(17)7-10)20-8-11-3-2-4-13(18)15(11)16/h2-7,9,19H,8H2,1H3/t9-/m0/s1. The second kappa shape index (κ2) is 6.57. The first-order valence-corrected chi connectivity index (χ1v) is 7.19. The maximum absolute atomic E-state index is 13.4. The Labute approximate surface area is 130 Å². The highest BCUT2D eigenvalue weighted by atomic mass is 79.9. The molecule has 0 radical (unpaired) electrons. The van der Waals surface area contributed by atoms with Crippen LogP contribution in [0.2, 0.25) is 5.02 Å². The van der Waals surface area contributed by atoms with Crippen molar-refractivity contribution >= 4 is 27.5 Å². The largest absolute Gasteiger partial charge is 0.487 e. The number of rotatable bonds is 4. The summed E-state index contributed by atoms with van der Waals surface area (Å²) < 4.78 is 19.3. The Morgan fingerprint density at radius 3 is 2.75 bits per heavy atom. The SMILES string of the molecule is C[C@H](O)c1ccc(OCc2cccc(F)c2Br)c(Cl)c1. The summed E-state index contributed by atoms with van der Waals surface area (Å²) in [6.07, 6.45) is -0.584. The summed E-state index contributed by atoms with van der Waals surface area (Å²) in [5, 5.41) is 9.88. The van der Waals surface area contributed by atoms with Crippen LogP contribution in [0.1, 0.15) is 24.2 Å². The van der Waals surface area contributed by atoms with Crippen molar-refractivity contribution < 1.29 is 14.2 Å². The van der Waals surface area contributed by atoms with E-state index in [0.717, 1.165) is 0 Å². The smallest absolute Gasteiger partial charge is 0.138 e. The molecule has 0 heterocycles. The molecule has 0 saturated heterocycles. The molecule has 0 amide bonds. The topological polar surface area (TPSA) is 29.5 Å². The van der Waals surface area contributed by atoms with E-state index in [9.17, 15) is 9.50 Å². The van der Waals surface area contributed by atoms with Gasteiger partial charge in [-0.1, -0.05) is 29.8 Å². The first-order valence-electron chi connectivity index (χ1n) is 6.02. The second-order valence-corrected chi connectivity index (χ2v) is 5.57. The summed E-state index contributed by atoms with van der Waals surface area (Å²) in [6, 6.07) is 9.85. The summed E-state index contributed by atoms with van der Waals surface area (Å²) in [6.45, 7) is 1.86. The minimum atomic E-state index is -0.584. The molecule has 0 aliphatic carbocycles. The lowest BCUT2D eigenvalue weighted by atomic mass is 10.1. The predicted octanol–water partition coefficient (Wildman–Crippen LogP) is 4.87. The zero-order valence-corrected chi connectivity index (χ0v) is 13.1. The molecule has 0 aliphatic rings. The van der Waals surface area contributed by atoms with Crippen molar-refractivity contribution in [1.29, 1.82) is 0 Å². The minimum Gasteiger partial charge on any atom is -0.487 e. The van der Waals surface area contributed by atoms with Crippen LogP contribution in [0, 0.1) is 5.82 Å². The van der Waals surface area contributed by atoms with E-state index in [4.69, 9.17) is 16.3 Å². The van der Waals surface area contributed by atoms with Gasteiger partial charge in [-0.2, -0.15) is 0 Å². The van der Waals surface area contributed by atoms with Gasteiger partial charge < -0.3 is 9.84 Å². The van der Waals surface area contributed by atoms with E-state index in [0.29, 0.717) is 26.4 Å². The van der Waals surface area contributed by atoms with Gasteiger partial charge in [0, 0.05) is 5.56 Å². The van der Waals surface area contributed by atoms with E-state index in [1.54, 1.807) is 37.3 Å². The van der Waals surface area contributed by atoms with Crippen molar-refractivity contribution in [1.82, 2.24) is 0 Å². The summed E-state index contributed by atoms with van der Waals surface area (Å²) >= 11 is 9.27. The van der Waals surface area contributed by atoms with Crippen molar-refractivity contribution in [3.05, 3.63) is 62.8 Å². The van der Waals surface area contributed by atoms with E-state index < -0.39 is 6.10 Å². The molecule has 1 N–H and O–H groups in total. The van der Waals surface area contributed by atoms with Crippen LogP contribution >= 0.6 is 27.5 Å². The number of aliphatic hydroxyl groups excluding tert-OH is 1. The molecule has 0 aromatic heterocycles. The average Bonchev–Trinajstić information content (AvgIpc) is 2.41. The van der Waals surface area contributed by atoms with Crippen molar-refractivity contribution in [2.75, 3.05) is 0 Å². The minimum absolute atomic E-state index is 0.200. The molecule has 0 unspecified atom stereocenters. The normalized spacial score (nSPS) is 12.2. The fraction of sp³-hybridized carbons (Fsp3) is 0.200. The van der Waals surface area contributed by atoms with Gasteiger partial charge in [0.2, 0.25) is 0 Å². The van der Waals surface area contributed by atoms with Crippen molar-refractivity contribution in [3.8, 4) is 5.75 Å². The number of aliphatic hydroxyl groups is 1. The molecular formula is C15H13BrClFO2. The third-order valence-corrected chi connectivity index (χ3v) is 4.04. The zero-order valence-electron chi connectivity index (χ0n) is 10.7. The third kappa shape index (κ3) is 3.51. The molecule has 0 fully saturated rings. The van der Waals surface area contributed by atoms with Crippen LogP contribution < -0.4 is 4.74 Å². The lowest BCUT2D eigenvalue weighted by Gasteiger charge is -2.12. The Morgan fingerprint density at radius 1 is 1.35 bits per heavy atom. The monoisotopic (exact) mass is 358 g/mol. The molecule has 5 heteroatoms. The van der Waals surface area contributed by atoms with Gasteiger partial charge >= 0.3 is 0 Å². The summed E-state index contributed by atoms with van der Waals surface area (Å²) in [7, 11) is 0. The van der Waals surface area contributed by atoms with Gasteiger partial charge in [0.1, 0.15) is 18.2 Å².